The Hall–Kier alpha value is -2.72. The number of fused-ring (bicyclic) bond motifs is 2. The molecule has 9 nitrogen and oxygen atoms in total. The van der Waals surface area contributed by atoms with E-state index in [0.29, 0.717) is 12.0 Å². The van der Waals surface area contributed by atoms with Crippen molar-refractivity contribution in [2.45, 2.75) is 53.2 Å². The van der Waals surface area contributed by atoms with Crippen molar-refractivity contribution in [1.82, 2.24) is 14.3 Å². The molecule has 3 atom stereocenters. The van der Waals surface area contributed by atoms with E-state index in [2.05, 4.69) is 4.98 Å². The molecule has 1 saturated heterocycles. The van der Waals surface area contributed by atoms with Crippen LogP contribution < -0.4 is 0 Å². The third kappa shape index (κ3) is 3.53. The molecule has 2 aromatic heterocycles. The zero-order valence-corrected chi connectivity index (χ0v) is 18.9. The Morgan fingerprint density at radius 1 is 1.35 bits per heavy atom. The monoisotopic (exact) mass is 447 g/mol. The molecule has 2 aromatic rings. The minimum atomic E-state index is -0.816. The minimum Gasteiger partial charge on any atom is -0.427 e. The van der Waals surface area contributed by atoms with E-state index in [1.54, 1.807) is 33.9 Å². The van der Waals surface area contributed by atoms with E-state index in [9.17, 15) is 19.5 Å². The highest BCUT2D eigenvalue weighted by Crippen LogP contribution is 2.48. The molecule has 1 N–H and O–H groups in total. The van der Waals surface area contributed by atoms with E-state index in [4.69, 9.17) is 9.47 Å². The molecule has 4 heterocycles. The molecule has 0 spiro atoms. The van der Waals surface area contributed by atoms with Gasteiger partial charge in [0, 0.05) is 11.8 Å². The fourth-order valence-electron chi connectivity index (χ4n) is 3.96. The van der Waals surface area contributed by atoms with Crippen LogP contribution in [0.3, 0.4) is 0 Å². The van der Waals surface area contributed by atoms with E-state index in [0.717, 1.165) is 15.5 Å². The molecular weight excluding hydrogens is 422 g/mol. The molecule has 1 fully saturated rings. The molecule has 31 heavy (non-hydrogen) atoms. The number of aryl methyl sites for hydroxylation is 1. The zero-order valence-electron chi connectivity index (χ0n) is 18.0. The first-order chi connectivity index (χ1) is 14.5. The van der Waals surface area contributed by atoms with Crippen molar-refractivity contribution in [2.24, 2.45) is 11.3 Å². The number of carbonyl (C=O) groups excluding carboxylic acids is 3. The maximum absolute atomic E-state index is 13.0. The number of aliphatic hydroxyl groups is 1. The number of β-lactam (4-membered cyclic amide) rings is 1. The van der Waals surface area contributed by atoms with Gasteiger partial charge in [-0.1, -0.05) is 0 Å². The largest absolute Gasteiger partial charge is 0.427 e. The summed E-state index contributed by atoms with van der Waals surface area (Å²) in [5.74, 6) is -1.28. The van der Waals surface area contributed by atoms with Gasteiger partial charge >= 0.3 is 11.9 Å². The highest BCUT2D eigenvalue weighted by Gasteiger charge is 2.57. The fourth-order valence-corrected chi connectivity index (χ4v) is 5.04. The first-order valence-electron chi connectivity index (χ1n) is 10.0. The second-order valence-corrected chi connectivity index (χ2v) is 9.98. The molecular formula is C21H25N3O6S. The summed E-state index contributed by atoms with van der Waals surface area (Å²) < 4.78 is 12.2. The zero-order chi connectivity index (χ0) is 22.7. The maximum atomic E-state index is 13.0. The Morgan fingerprint density at radius 2 is 2.06 bits per heavy atom. The summed E-state index contributed by atoms with van der Waals surface area (Å²) in [5, 5.41) is 10.0. The number of aromatic nitrogens is 2. The lowest BCUT2D eigenvalue weighted by atomic mass is 9.83. The van der Waals surface area contributed by atoms with Crippen LogP contribution in [0.5, 0.6) is 0 Å². The number of esters is 2. The number of carbonyl (C=O) groups is 3. The van der Waals surface area contributed by atoms with Crippen molar-refractivity contribution in [3.05, 3.63) is 28.8 Å². The highest BCUT2D eigenvalue weighted by atomic mass is 32.1. The van der Waals surface area contributed by atoms with Gasteiger partial charge in [0.15, 0.2) is 0 Å². The van der Waals surface area contributed by atoms with Gasteiger partial charge in [-0.3, -0.25) is 14.0 Å². The number of aliphatic hydroxyl groups excluding tert-OH is 1. The van der Waals surface area contributed by atoms with Crippen LogP contribution in [0, 0.1) is 18.3 Å². The second kappa shape index (κ2) is 7.45. The van der Waals surface area contributed by atoms with Gasteiger partial charge in [0.1, 0.15) is 16.4 Å². The molecule has 1 amide bonds. The summed E-state index contributed by atoms with van der Waals surface area (Å²) in [6, 6.07) is -0.303. The van der Waals surface area contributed by atoms with Crippen LogP contribution in [0.15, 0.2) is 18.1 Å². The summed E-state index contributed by atoms with van der Waals surface area (Å²) in [5.41, 5.74) is 0.105. The van der Waals surface area contributed by atoms with Gasteiger partial charge in [-0.2, -0.15) is 0 Å². The van der Waals surface area contributed by atoms with Crippen LogP contribution in [0.25, 0.3) is 10.4 Å². The van der Waals surface area contributed by atoms with Crippen molar-refractivity contribution in [2.75, 3.05) is 6.79 Å². The molecule has 10 heteroatoms. The van der Waals surface area contributed by atoms with Crippen molar-refractivity contribution in [3.8, 4) is 0 Å². The van der Waals surface area contributed by atoms with Crippen molar-refractivity contribution >= 4 is 39.6 Å². The predicted molar refractivity (Wildman–Crippen MR) is 112 cm³/mol. The number of ether oxygens (including phenoxy) is 2. The summed E-state index contributed by atoms with van der Waals surface area (Å²) in [6.07, 6.45) is 3.26. The van der Waals surface area contributed by atoms with Crippen LogP contribution in [-0.4, -0.2) is 56.2 Å². The Morgan fingerprint density at radius 3 is 2.68 bits per heavy atom. The molecule has 0 unspecified atom stereocenters. The normalized spacial score (nSPS) is 21.9. The molecule has 0 radical (unpaired) electrons. The van der Waals surface area contributed by atoms with E-state index < -0.39 is 36.2 Å². The highest BCUT2D eigenvalue weighted by molar-refractivity contribution is 7.18. The fraction of sp³-hybridized carbons (Fsp3) is 0.524. The van der Waals surface area contributed by atoms with Crippen LogP contribution in [0.2, 0.25) is 0 Å². The van der Waals surface area contributed by atoms with Gasteiger partial charge in [0.2, 0.25) is 12.7 Å². The third-order valence-electron chi connectivity index (χ3n) is 5.62. The van der Waals surface area contributed by atoms with Crippen molar-refractivity contribution in [1.29, 1.82) is 0 Å². The Bertz CT molecular complexity index is 1110. The van der Waals surface area contributed by atoms with E-state index in [-0.39, 0.29) is 17.6 Å². The smallest absolute Gasteiger partial charge is 0.358 e. The van der Waals surface area contributed by atoms with E-state index in [1.807, 2.05) is 17.5 Å². The molecule has 0 aromatic carbocycles. The minimum absolute atomic E-state index is 0.147. The standard InChI is InChI=1S/C21H25N3O6S/c1-10(25)16-13-6-12(14-8-23-11(2)22-7-15(23)31-14)17(24(13)18(16)26)19(27)29-9-30-20(28)21(3,4)5/h7-8,10,13,16,25H,6,9H2,1-5H3/t10-,13-,16-/m1/s1. The predicted octanol–water partition coefficient (Wildman–Crippen LogP) is 2.12. The summed E-state index contributed by atoms with van der Waals surface area (Å²) in [6.45, 7) is 8.02. The number of rotatable bonds is 5. The first kappa shape index (κ1) is 21.5. The van der Waals surface area contributed by atoms with Gasteiger partial charge in [-0.05, 0) is 41.0 Å². The summed E-state index contributed by atoms with van der Waals surface area (Å²) >= 11 is 1.46. The SMILES string of the molecule is Cc1ncc2sc(C3=C(C(=O)OCOC(=O)C(C)(C)C)N4C(=O)[C@H]([C@@H](C)O)[C@H]4C3)cn12. The lowest BCUT2D eigenvalue weighted by Crippen LogP contribution is -2.61. The Kier molecular flexibility index (Phi) is 5.17. The number of nitrogens with zero attached hydrogens (tertiary/aromatic N) is 3. The average molecular weight is 448 g/mol. The number of hydrogen-bond acceptors (Lipinski definition) is 8. The average Bonchev–Trinajstić information content (AvgIpc) is 3.32. The maximum Gasteiger partial charge on any atom is 0.358 e. The number of amides is 1. The van der Waals surface area contributed by atoms with Gasteiger partial charge in [0.05, 0.1) is 34.6 Å². The number of thiazole rings is 1. The van der Waals surface area contributed by atoms with Crippen molar-refractivity contribution < 1.29 is 29.0 Å². The number of hydrogen-bond donors (Lipinski definition) is 1. The quantitative estimate of drug-likeness (QED) is 0.425. The second-order valence-electron chi connectivity index (χ2n) is 8.91. The number of imidazole rings is 1. The van der Waals surface area contributed by atoms with Crippen LogP contribution in [-0.2, 0) is 23.9 Å². The van der Waals surface area contributed by atoms with Gasteiger partial charge in [0.25, 0.3) is 0 Å². The molecule has 0 saturated carbocycles. The van der Waals surface area contributed by atoms with E-state index in [1.165, 1.54) is 16.2 Å². The molecule has 166 valence electrons. The lowest BCUT2D eigenvalue weighted by Gasteiger charge is -2.44. The van der Waals surface area contributed by atoms with Gasteiger partial charge in [-0.15, -0.1) is 11.3 Å². The van der Waals surface area contributed by atoms with Gasteiger partial charge < -0.3 is 19.5 Å². The summed E-state index contributed by atoms with van der Waals surface area (Å²) in [7, 11) is 0. The first-order valence-corrected chi connectivity index (χ1v) is 10.8. The van der Waals surface area contributed by atoms with Gasteiger partial charge in [-0.25, -0.2) is 9.78 Å². The molecule has 4 rings (SSSR count). The molecule has 0 aliphatic carbocycles. The van der Waals surface area contributed by atoms with Crippen molar-refractivity contribution in [3.63, 3.8) is 0 Å². The third-order valence-corrected chi connectivity index (χ3v) is 6.70. The topological polar surface area (TPSA) is 110 Å². The van der Waals surface area contributed by atoms with E-state index >= 15 is 0 Å². The van der Waals surface area contributed by atoms with Crippen LogP contribution >= 0.6 is 11.3 Å². The van der Waals surface area contributed by atoms with Crippen LogP contribution in [0.4, 0.5) is 0 Å². The van der Waals surface area contributed by atoms with Crippen LogP contribution in [0.1, 0.15) is 44.8 Å². The molecule has 2 aliphatic rings. The summed E-state index contributed by atoms with van der Waals surface area (Å²) in [4.78, 5) is 45.0. The Labute approximate surface area is 183 Å². The Balaban J connectivity index is 1.62. The lowest BCUT2D eigenvalue weighted by molar-refractivity contribution is -0.175. The molecule has 2 aliphatic heterocycles. The molecule has 0 bridgehead atoms.